The van der Waals surface area contributed by atoms with Gasteiger partial charge in [0.1, 0.15) is 12.6 Å². The number of alkyl halides is 35. The maximum atomic E-state index is 14.1. The summed E-state index contributed by atoms with van der Waals surface area (Å²) in [5.74, 6) is -164. The van der Waals surface area contributed by atoms with Crippen molar-refractivity contribution in [1.82, 2.24) is 0 Å². The number of carboxylic acid groups (broad SMARTS) is 1. The average Bonchev–Trinajstić information content (AvgIpc) is 3.05. The van der Waals surface area contributed by atoms with Gasteiger partial charge in [-0.05, 0) is 6.08 Å². The highest BCUT2D eigenvalue weighted by Gasteiger charge is 3.02. The van der Waals surface area contributed by atoms with Crippen molar-refractivity contribution in [2.45, 2.75) is 107 Å². The van der Waals surface area contributed by atoms with Crippen LogP contribution in [0.4, 0.5) is 158 Å². The van der Waals surface area contributed by atoms with Crippen LogP contribution in [0.1, 0.15) is 0 Å². The van der Waals surface area contributed by atoms with E-state index in [0.29, 0.717) is 14.1 Å². The lowest BCUT2D eigenvalue weighted by Gasteiger charge is -2.47. The molecular formula is C25H14F36NO3+. The number of aliphatic hydroxyl groups excluding tert-OH is 1. The normalized spacial score (nSPS) is 17.4. The molecule has 40 heteroatoms. The van der Waals surface area contributed by atoms with Crippen LogP contribution in [0.2, 0.25) is 0 Å². The number of hydrogen-bond acceptors (Lipinski definition) is 2. The highest BCUT2D eigenvalue weighted by atomic mass is 19.4. The SMILES string of the molecule is C[N+](C)(CC(=O)O)CC(O)C=C(F)C(F)(F)C(F)(F)C(F)(F)C(F)(F)C(F)(F)C(F)(F)C(F)(F)C(F)(F)C(F)(F)C(F)(F)C(F)(F)C(F)(F)C(F)(F)C(F)(F)C(F)(F)C(F)(F)C(F)(F)F. The van der Waals surface area contributed by atoms with Crippen molar-refractivity contribution in [2.75, 3.05) is 27.2 Å². The zero-order valence-corrected chi connectivity index (χ0v) is 29.4. The maximum Gasteiger partial charge on any atom is 0.460 e. The molecule has 4 nitrogen and oxygen atoms in total. The number of nitrogens with zero attached hydrogens (tertiary/aromatic N) is 1. The molecule has 0 heterocycles. The van der Waals surface area contributed by atoms with Gasteiger partial charge in [0, 0.05) is 0 Å². The minimum atomic E-state index is -10.4. The quantitative estimate of drug-likeness (QED) is 0.0890. The maximum absolute atomic E-state index is 14.1. The summed E-state index contributed by atoms with van der Waals surface area (Å²) in [6.45, 7) is -2.83. The molecule has 0 aromatic heterocycles. The number of aliphatic carboxylic acids is 1. The van der Waals surface area contributed by atoms with Crippen LogP contribution >= 0.6 is 0 Å². The van der Waals surface area contributed by atoms with Crippen molar-refractivity contribution >= 4 is 5.97 Å². The molecule has 0 spiro atoms. The monoisotopic (exact) mass is 1060 g/mol. The Balaban J connectivity index is 7.75. The van der Waals surface area contributed by atoms with Crippen molar-refractivity contribution in [3.8, 4) is 0 Å². The summed E-state index contributed by atoms with van der Waals surface area (Å²) in [4.78, 5) is 10.7. The Morgan fingerprint density at radius 3 is 0.769 bits per heavy atom. The predicted molar refractivity (Wildman–Crippen MR) is 130 cm³/mol. The second-order valence-electron chi connectivity index (χ2n) is 13.4. The summed E-state index contributed by atoms with van der Waals surface area (Å²) in [7, 11) is 1.26. The van der Waals surface area contributed by atoms with E-state index in [1.165, 1.54) is 0 Å². The molecule has 1 unspecified atom stereocenters. The number of carboxylic acids is 1. The number of carbonyl (C=O) groups is 1. The van der Waals surface area contributed by atoms with Crippen LogP contribution in [-0.2, 0) is 4.79 Å². The topological polar surface area (TPSA) is 57.5 Å². The lowest BCUT2D eigenvalue weighted by atomic mass is 9.82. The average molecular weight is 1060 g/mol. The molecule has 65 heavy (non-hydrogen) atoms. The van der Waals surface area contributed by atoms with E-state index in [1.807, 2.05) is 0 Å². The van der Waals surface area contributed by atoms with Gasteiger partial charge in [0.15, 0.2) is 12.4 Å². The summed E-state index contributed by atoms with van der Waals surface area (Å²) in [6, 6.07) is 0. The molecule has 0 fully saturated rings. The molecule has 0 saturated carbocycles. The molecule has 1 atom stereocenters. The molecule has 2 N–H and O–H groups in total. The van der Waals surface area contributed by atoms with Gasteiger partial charge in [0.05, 0.1) is 14.1 Å². The molecule has 0 bridgehead atoms. The van der Waals surface area contributed by atoms with Gasteiger partial charge in [0.25, 0.3) is 0 Å². The molecule has 388 valence electrons. The summed E-state index contributed by atoms with van der Waals surface area (Å²) >= 11 is 0. The van der Waals surface area contributed by atoms with E-state index >= 15 is 0 Å². The molecule has 0 aromatic rings. The lowest BCUT2D eigenvalue weighted by molar-refractivity contribution is -0.885. The van der Waals surface area contributed by atoms with Gasteiger partial charge in [-0.15, -0.1) is 0 Å². The highest BCUT2D eigenvalue weighted by Crippen LogP contribution is 2.70. The van der Waals surface area contributed by atoms with E-state index < -0.39 is 142 Å². The second kappa shape index (κ2) is 15.8. The molecule has 0 rings (SSSR count). The van der Waals surface area contributed by atoms with Crippen molar-refractivity contribution in [2.24, 2.45) is 0 Å². The van der Waals surface area contributed by atoms with Crippen LogP contribution < -0.4 is 0 Å². The Bertz CT molecular complexity index is 1770. The summed E-state index contributed by atoms with van der Waals surface area (Å²) < 4.78 is 493. The minimum absolute atomic E-state index is 0.630. The first-order chi connectivity index (χ1) is 27.4. The van der Waals surface area contributed by atoms with E-state index in [9.17, 15) is 168 Å². The van der Waals surface area contributed by atoms with Gasteiger partial charge >= 0.3 is 107 Å². The van der Waals surface area contributed by atoms with Gasteiger partial charge in [-0.2, -0.15) is 154 Å². The number of hydrogen-bond donors (Lipinski definition) is 2. The zero-order chi connectivity index (χ0) is 53.9. The summed E-state index contributed by atoms with van der Waals surface area (Å²) in [5, 5.41) is 18.1. The van der Waals surface area contributed by atoms with Gasteiger partial charge in [-0.3, -0.25) is 0 Å². The number of aliphatic hydroxyl groups is 1. The van der Waals surface area contributed by atoms with Crippen LogP contribution in [0.25, 0.3) is 0 Å². The fourth-order valence-electron chi connectivity index (χ4n) is 4.35. The number of halogens is 36. The van der Waals surface area contributed by atoms with Gasteiger partial charge < -0.3 is 14.7 Å². The number of likely N-dealkylation sites (N-methyl/N-ethyl adjacent to an activating group) is 1. The summed E-state index contributed by atoms with van der Waals surface area (Å²) in [6.07, 6.45) is -13.2. The molecule has 0 amide bonds. The first kappa shape index (κ1) is 61.6. The molecule has 0 radical (unpaired) electrons. The fraction of sp³-hybridized carbons (Fsp3) is 0.880. The third-order valence-electron chi connectivity index (χ3n) is 8.15. The smallest absolute Gasteiger partial charge is 0.460 e. The van der Waals surface area contributed by atoms with Crippen LogP contribution in [0.3, 0.4) is 0 Å². The molecule has 0 aromatic carbocycles. The van der Waals surface area contributed by atoms with Gasteiger partial charge in [-0.1, -0.05) is 0 Å². The van der Waals surface area contributed by atoms with E-state index in [0.717, 1.165) is 0 Å². The lowest BCUT2D eigenvalue weighted by Crippen LogP contribution is -2.80. The fourth-order valence-corrected chi connectivity index (χ4v) is 4.35. The van der Waals surface area contributed by atoms with E-state index in [-0.39, 0.29) is 0 Å². The van der Waals surface area contributed by atoms with Crippen molar-refractivity contribution in [3.63, 3.8) is 0 Å². The Kier molecular flexibility index (Phi) is 15.0. The number of quaternary nitrogens is 1. The van der Waals surface area contributed by atoms with E-state index in [4.69, 9.17) is 5.11 Å². The molecular weight excluding hydrogens is 1050 g/mol. The third-order valence-corrected chi connectivity index (χ3v) is 8.15. The van der Waals surface area contributed by atoms with Gasteiger partial charge in [-0.25, -0.2) is 9.18 Å². The van der Waals surface area contributed by atoms with Crippen LogP contribution in [-0.4, -0.2) is 155 Å². The molecule has 0 aliphatic heterocycles. The zero-order valence-electron chi connectivity index (χ0n) is 29.4. The Labute approximate surface area is 330 Å². The highest BCUT2D eigenvalue weighted by molar-refractivity contribution is 5.67. The van der Waals surface area contributed by atoms with Crippen molar-refractivity contribution in [1.29, 1.82) is 0 Å². The molecule has 0 saturated heterocycles. The van der Waals surface area contributed by atoms with Crippen molar-refractivity contribution < 1.29 is 178 Å². The van der Waals surface area contributed by atoms with E-state index in [2.05, 4.69) is 0 Å². The first-order valence-electron chi connectivity index (χ1n) is 14.6. The minimum Gasteiger partial charge on any atom is -0.477 e. The molecule has 0 aliphatic rings. The van der Waals surface area contributed by atoms with Crippen LogP contribution in [0, 0.1) is 0 Å². The first-order valence-corrected chi connectivity index (χ1v) is 14.6. The van der Waals surface area contributed by atoms with E-state index in [1.54, 1.807) is 0 Å². The standard InChI is InChI=1S/C25H13F36NO3/c1-62(2,5-8(64)65)4-6(63)3-7(26)9(27,28)10(29,30)11(31,32)12(33,34)13(35,36)14(37,38)15(39,40)16(41,42)17(43,44)18(45,46)19(47,48)20(49,50)21(51,52)22(53,54)23(55,56)24(57,58)25(59,60)61/h3,6,63H,4-5H2,1-2H3/p+1. The molecule has 0 aliphatic carbocycles. The predicted octanol–water partition coefficient (Wildman–Crippen LogP) is 11.1. The Hall–Kier alpha value is -3.39. The number of allylic oxidation sites excluding steroid dienone is 1. The second-order valence-corrected chi connectivity index (χ2v) is 13.4. The van der Waals surface area contributed by atoms with Gasteiger partial charge in [0.2, 0.25) is 0 Å². The largest absolute Gasteiger partial charge is 0.477 e. The Morgan fingerprint density at radius 2 is 0.585 bits per heavy atom. The number of rotatable bonds is 21. The van der Waals surface area contributed by atoms with Crippen LogP contribution in [0.5, 0.6) is 0 Å². The third kappa shape index (κ3) is 8.07. The summed E-state index contributed by atoms with van der Waals surface area (Å²) in [5.41, 5.74) is 0. The Morgan fingerprint density at radius 1 is 0.400 bits per heavy atom. The van der Waals surface area contributed by atoms with Crippen LogP contribution in [0.15, 0.2) is 11.9 Å². The van der Waals surface area contributed by atoms with Crippen molar-refractivity contribution in [3.05, 3.63) is 11.9 Å².